The standard InChI is InChI=1S/C21H29N3O/c1-4-24(16-19-10-12-20(13-11-19)23(2)3)17-21(25)22-15-14-18-8-6-5-7-9-18/h5-13H,4,14-17H2,1-3H3,(H,22,25). The molecule has 0 unspecified atom stereocenters. The number of nitrogens with zero attached hydrogens (tertiary/aromatic N) is 2. The van der Waals surface area contributed by atoms with Gasteiger partial charge in [0.15, 0.2) is 0 Å². The Kier molecular flexibility index (Phi) is 7.48. The summed E-state index contributed by atoms with van der Waals surface area (Å²) in [7, 11) is 4.07. The van der Waals surface area contributed by atoms with Gasteiger partial charge >= 0.3 is 0 Å². The van der Waals surface area contributed by atoms with Crippen LogP contribution >= 0.6 is 0 Å². The van der Waals surface area contributed by atoms with Crippen LogP contribution < -0.4 is 10.2 Å². The van der Waals surface area contributed by atoms with Gasteiger partial charge in [-0.2, -0.15) is 0 Å². The fourth-order valence-electron chi connectivity index (χ4n) is 2.69. The molecular weight excluding hydrogens is 310 g/mol. The zero-order chi connectivity index (χ0) is 18.1. The normalized spacial score (nSPS) is 10.7. The lowest BCUT2D eigenvalue weighted by atomic mass is 10.1. The molecule has 0 saturated carbocycles. The molecule has 134 valence electrons. The third-order valence-corrected chi connectivity index (χ3v) is 4.25. The lowest BCUT2D eigenvalue weighted by Crippen LogP contribution is -2.37. The Labute approximate surface area is 151 Å². The third-order valence-electron chi connectivity index (χ3n) is 4.25. The summed E-state index contributed by atoms with van der Waals surface area (Å²) in [5.74, 6) is 0.0858. The van der Waals surface area contributed by atoms with E-state index in [0.717, 1.165) is 19.5 Å². The summed E-state index contributed by atoms with van der Waals surface area (Å²) in [6.45, 7) is 4.84. The van der Waals surface area contributed by atoms with E-state index in [1.807, 2.05) is 32.3 Å². The van der Waals surface area contributed by atoms with Gasteiger partial charge in [-0.05, 0) is 36.2 Å². The highest BCUT2D eigenvalue weighted by Crippen LogP contribution is 2.13. The summed E-state index contributed by atoms with van der Waals surface area (Å²) in [6, 6.07) is 18.7. The summed E-state index contributed by atoms with van der Waals surface area (Å²) in [6.07, 6.45) is 0.866. The maximum atomic E-state index is 12.2. The molecule has 0 aliphatic carbocycles. The van der Waals surface area contributed by atoms with Gasteiger partial charge < -0.3 is 10.2 Å². The number of anilines is 1. The molecular formula is C21H29N3O. The number of rotatable bonds is 9. The van der Waals surface area contributed by atoms with Gasteiger partial charge in [0, 0.05) is 32.9 Å². The molecule has 4 nitrogen and oxygen atoms in total. The SMILES string of the molecule is CCN(CC(=O)NCCc1ccccc1)Cc1ccc(N(C)C)cc1. The smallest absolute Gasteiger partial charge is 0.234 e. The number of amides is 1. The van der Waals surface area contributed by atoms with Crippen LogP contribution in [0.4, 0.5) is 5.69 Å². The fraction of sp³-hybridized carbons (Fsp3) is 0.381. The summed E-state index contributed by atoms with van der Waals surface area (Å²) in [4.78, 5) is 16.4. The number of carbonyl (C=O) groups excluding carboxylic acids is 1. The molecule has 0 aliphatic heterocycles. The molecule has 2 rings (SSSR count). The molecule has 2 aromatic rings. The first kappa shape index (κ1) is 19.0. The molecule has 4 heteroatoms. The highest BCUT2D eigenvalue weighted by atomic mass is 16.2. The van der Waals surface area contributed by atoms with Gasteiger partial charge in [0.05, 0.1) is 6.54 Å². The second-order valence-electron chi connectivity index (χ2n) is 6.45. The van der Waals surface area contributed by atoms with E-state index in [2.05, 4.69) is 58.4 Å². The fourth-order valence-corrected chi connectivity index (χ4v) is 2.69. The van der Waals surface area contributed by atoms with Gasteiger partial charge in [-0.25, -0.2) is 0 Å². The second kappa shape index (κ2) is 9.84. The number of carbonyl (C=O) groups is 1. The molecule has 0 spiro atoms. The van der Waals surface area contributed by atoms with Crippen molar-refractivity contribution in [2.24, 2.45) is 0 Å². The first-order valence-corrected chi connectivity index (χ1v) is 8.87. The van der Waals surface area contributed by atoms with Crippen LogP contribution in [0.1, 0.15) is 18.1 Å². The molecule has 2 aromatic carbocycles. The van der Waals surface area contributed by atoms with Crippen LogP contribution in [-0.4, -0.2) is 44.5 Å². The Morgan fingerprint density at radius 1 is 0.960 bits per heavy atom. The molecule has 0 aromatic heterocycles. The van der Waals surface area contributed by atoms with E-state index in [-0.39, 0.29) is 5.91 Å². The van der Waals surface area contributed by atoms with Crippen molar-refractivity contribution in [2.75, 3.05) is 38.6 Å². The first-order valence-electron chi connectivity index (χ1n) is 8.87. The van der Waals surface area contributed by atoms with E-state index < -0.39 is 0 Å². The van der Waals surface area contributed by atoms with E-state index in [4.69, 9.17) is 0 Å². The van der Waals surface area contributed by atoms with Crippen molar-refractivity contribution in [3.8, 4) is 0 Å². The Balaban J connectivity index is 1.77. The summed E-state index contributed by atoms with van der Waals surface area (Å²) < 4.78 is 0. The highest BCUT2D eigenvalue weighted by Gasteiger charge is 2.09. The zero-order valence-corrected chi connectivity index (χ0v) is 15.5. The van der Waals surface area contributed by atoms with Crippen LogP contribution in [0.5, 0.6) is 0 Å². The number of benzene rings is 2. The predicted octanol–water partition coefficient (Wildman–Crippen LogP) is 2.93. The van der Waals surface area contributed by atoms with Crippen LogP contribution in [0, 0.1) is 0 Å². The van der Waals surface area contributed by atoms with Crippen molar-refractivity contribution in [3.63, 3.8) is 0 Å². The Morgan fingerprint density at radius 3 is 2.24 bits per heavy atom. The Bertz CT molecular complexity index is 638. The molecule has 1 amide bonds. The zero-order valence-electron chi connectivity index (χ0n) is 15.5. The number of nitrogens with one attached hydrogen (secondary N) is 1. The molecule has 0 bridgehead atoms. The number of hydrogen-bond acceptors (Lipinski definition) is 3. The maximum Gasteiger partial charge on any atom is 0.234 e. The maximum absolute atomic E-state index is 12.2. The second-order valence-corrected chi connectivity index (χ2v) is 6.45. The van der Waals surface area contributed by atoms with Crippen LogP contribution in [-0.2, 0) is 17.8 Å². The van der Waals surface area contributed by atoms with Crippen LogP contribution in [0.3, 0.4) is 0 Å². The monoisotopic (exact) mass is 339 g/mol. The number of hydrogen-bond donors (Lipinski definition) is 1. The van der Waals surface area contributed by atoms with E-state index in [1.165, 1.54) is 16.8 Å². The third kappa shape index (κ3) is 6.59. The summed E-state index contributed by atoms with van der Waals surface area (Å²) >= 11 is 0. The van der Waals surface area contributed by atoms with E-state index >= 15 is 0 Å². The summed E-state index contributed by atoms with van der Waals surface area (Å²) in [5.41, 5.74) is 3.66. The van der Waals surface area contributed by atoms with Crippen LogP contribution in [0.15, 0.2) is 54.6 Å². The van der Waals surface area contributed by atoms with E-state index in [1.54, 1.807) is 0 Å². The molecule has 0 atom stereocenters. The minimum absolute atomic E-state index is 0.0858. The van der Waals surface area contributed by atoms with Crippen molar-refractivity contribution in [1.29, 1.82) is 0 Å². The molecule has 0 heterocycles. The van der Waals surface area contributed by atoms with E-state index in [0.29, 0.717) is 13.1 Å². The van der Waals surface area contributed by atoms with Crippen molar-refractivity contribution in [3.05, 3.63) is 65.7 Å². The average Bonchev–Trinajstić information content (AvgIpc) is 2.62. The van der Waals surface area contributed by atoms with E-state index in [9.17, 15) is 4.79 Å². The minimum atomic E-state index is 0.0858. The molecule has 0 radical (unpaired) electrons. The van der Waals surface area contributed by atoms with Crippen LogP contribution in [0.2, 0.25) is 0 Å². The first-order chi connectivity index (χ1) is 12.1. The molecule has 0 saturated heterocycles. The molecule has 1 N–H and O–H groups in total. The van der Waals surface area contributed by atoms with Gasteiger partial charge in [0.2, 0.25) is 5.91 Å². The van der Waals surface area contributed by atoms with Gasteiger partial charge in [0.1, 0.15) is 0 Å². The van der Waals surface area contributed by atoms with Crippen molar-refractivity contribution >= 4 is 11.6 Å². The van der Waals surface area contributed by atoms with Gasteiger partial charge in [-0.1, -0.05) is 49.4 Å². The summed E-state index contributed by atoms with van der Waals surface area (Å²) in [5, 5.41) is 3.02. The Morgan fingerprint density at radius 2 is 1.64 bits per heavy atom. The van der Waals surface area contributed by atoms with Crippen LogP contribution in [0.25, 0.3) is 0 Å². The topological polar surface area (TPSA) is 35.6 Å². The lowest BCUT2D eigenvalue weighted by Gasteiger charge is -2.20. The average molecular weight is 339 g/mol. The molecule has 0 aliphatic rings. The quantitative estimate of drug-likeness (QED) is 0.763. The molecule has 0 fully saturated rings. The van der Waals surface area contributed by atoms with Gasteiger partial charge in [-0.15, -0.1) is 0 Å². The number of likely N-dealkylation sites (N-methyl/N-ethyl adjacent to an activating group) is 1. The largest absolute Gasteiger partial charge is 0.378 e. The predicted molar refractivity (Wildman–Crippen MR) is 105 cm³/mol. The molecule has 25 heavy (non-hydrogen) atoms. The Hall–Kier alpha value is -2.33. The minimum Gasteiger partial charge on any atom is -0.378 e. The van der Waals surface area contributed by atoms with Gasteiger partial charge in [-0.3, -0.25) is 9.69 Å². The van der Waals surface area contributed by atoms with Crippen molar-refractivity contribution in [2.45, 2.75) is 19.9 Å². The lowest BCUT2D eigenvalue weighted by molar-refractivity contribution is -0.122. The van der Waals surface area contributed by atoms with Crippen molar-refractivity contribution < 1.29 is 4.79 Å². The van der Waals surface area contributed by atoms with Crippen molar-refractivity contribution in [1.82, 2.24) is 10.2 Å². The highest BCUT2D eigenvalue weighted by molar-refractivity contribution is 5.78. The van der Waals surface area contributed by atoms with Gasteiger partial charge in [0.25, 0.3) is 0 Å².